The molecule has 5 rings (SSSR count). The number of rotatable bonds is 6. The number of benzene rings is 2. The average Bonchev–Trinajstić information content (AvgIpc) is 3.47. The standard InChI is InChI=1S/C24H25N5O/c1-2-23-26-19-12-6-7-13-22(19)28(23)16-24(30)25-15-20-18-11-8-14-21(18)29(27-20)17-9-4-3-5-10-17/h3-7,9-10,12-13H,2,8,11,14-16H2,1H3,(H,25,30). The highest BCUT2D eigenvalue weighted by Crippen LogP contribution is 2.27. The van der Waals surface area contributed by atoms with Crippen LogP contribution in [0.4, 0.5) is 0 Å². The molecule has 0 saturated carbocycles. The van der Waals surface area contributed by atoms with Crippen molar-refractivity contribution in [2.75, 3.05) is 0 Å². The van der Waals surface area contributed by atoms with E-state index in [1.165, 1.54) is 11.3 Å². The van der Waals surface area contributed by atoms with Crippen LogP contribution in [-0.2, 0) is 37.1 Å². The fourth-order valence-electron chi connectivity index (χ4n) is 4.39. The van der Waals surface area contributed by atoms with Gasteiger partial charge < -0.3 is 9.88 Å². The maximum Gasteiger partial charge on any atom is 0.240 e. The van der Waals surface area contributed by atoms with E-state index in [1.54, 1.807) is 0 Å². The van der Waals surface area contributed by atoms with E-state index in [-0.39, 0.29) is 12.5 Å². The van der Waals surface area contributed by atoms with Crippen LogP contribution in [0.25, 0.3) is 16.7 Å². The summed E-state index contributed by atoms with van der Waals surface area (Å²) in [5.41, 5.74) is 6.55. The van der Waals surface area contributed by atoms with Crippen molar-refractivity contribution in [1.29, 1.82) is 0 Å². The number of aromatic nitrogens is 4. The number of aryl methyl sites for hydroxylation is 1. The highest BCUT2D eigenvalue weighted by molar-refractivity contribution is 5.81. The van der Waals surface area contributed by atoms with Crippen molar-refractivity contribution in [3.8, 4) is 5.69 Å². The van der Waals surface area contributed by atoms with Crippen LogP contribution in [0.2, 0.25) is 0 Å². The van der Waals surface area contributed by atoms with E-state index in [0.29, 0.717) is 6.54 Å². The van der Waals surface area contributed by atoms with E-state index >= 15 is 0 Å². The number of hydrogen-bond donors (Lipinski definition) is 1. The van der Waals surface area contributed by atoms with Crippen LogP contribution in [0.3, 0.4) is 0 Å². The van der Waals surface area contributed by atoms with Gasteiger partial charge in [0.05, 0.1) is 29.0 Å². The first-order valence-corrected chi connectivity index (χ1v) is 10.6. The zero-order valence-corrected chi connectivity index (χ0v) is 17.1. The lowest BCUT2D eigenvalue weighted by atomic mass is 10.2. The molecule has 0 saturated heterocycles. The first kappa shape index (κ1) is 18.6. The Kier molecular flexibility index (Phi) is 4.83. The van der Waals surface area contributed by atoms with E-state index in [4.69, 9.17) is 5.10 Å². The summed E-state index contributed by atoms with van der Waals surface area (Å²) in [5.74, 6) is 0.912. The molecule has 6 nitrogen and oxygen atoms in total. The number of carbonyl (C=O) groups excluding carboxylic acids is 1. The number of carbonyl (C=O) groups is 1. The van der Waals surface area contributed by atoms with Gasteiger partial charge in [-0.15, -0.1) is 0 Å². The molecule has 0 bridgehead atoms. The molecular formula is C24H25N5O. The molecule has 0 spiro atoms. The molecule has 1 aliphatic carbocycles. The molecule has 2 aromatic carbocycles. The van der Waals surface area contributed by atoms with Crippen LogP contribution in [0.5, 0.6) is 0 Å². The molecule has 6 heteroatoms. The van der Waals surface area contributed by atoms with Crippen molar-refractivity contribution < 1.29 is 4.79 Å². The van der Waals surface area contributed by atoms with Crippen LogP contribution < -0.4 is 5.32 Å². The van der Waals surface area contributed by atoms with Crippen LogP contribution in [0, 0.1) is 0 Å². The molecule has 0 unspecified atom stereocenters. The van der Waals surface area contributed by atoms with E-state index in [0.717, 1.165) is 53.9 Å². The third-order valence-electron chi connectivity index (χ3n) is 5.82. The van der Waals surface area contributed by atoms with Crippen LogP contribution >= 0.6 is 0 Å². The molecule has 2 aromatic heterocycles. The number of fused-ring (bicyclic) bond motifs is 2. The third kappa shape index (κ3) is 3.28. The Balaban J connectivity index is 1.35. The molecule has 1 N–H and O–H groups in total. The Labute approximate surface area is 175 Å². The summed E-state index contributed by atoms with van der Waals surface area (Å²) in [5, 5.41) is 7.92. The van der Waals surface area contributed by atoms with Gasteiger partial charge in [-0.25, -0.2) is 9.67 Å². The Morgan fingerprint density at radius 2 is 1.87 bits per heavy atom. The Morgan fingerprint density at radius 3 is 2.70 bits per heavy atom. The van der Waals surface area contributed by atoms with Gasteiger partial charge in [-0.2, -0.15) is 5.10 Å². The number of nitrogens with one attached hydrogen (secondary N) is 1. The van der Waals surface area contributed by atoms with Crippen molar-refractivity contribution in [3.63, 3.8) is 0 Å². The van der Waals surface area contributed by atoms with Gasteiger partial charge in [-0.1, -0.05) is 37.3 Å². The van der Waals surface area contributed by atoms with Gasteiger partial charge in [0.1, 0.15) is 12.4 Å². The summed E-state index contributed by atoms with van der Waals surface area (Å²) in [6, 6.07) is 18.2. The summed E-state index contributed by atoms with van der Waals surface area (Å²) >= 11 is 0. The lowest BCUT2D eigenvalue weighted by Crippen LogP contribution is -2.28. The van der Waals surface area contributed by atoms with Gasteiger partial charge in [0, 0.05) is 12.1 Å². The highest BCUT2D eigenvalue weighted by Gasteiger charge is 2.23. The average molecular weight is 399 g/mol. The number of para-hydroxylation sites is 3. The Morgan fingerprint density at radius 1 is 1.07 bits per heavy atom. The third-order valence-corrected chi connectivity index (χ3v) is 5.82. The van der Waals surface area contributed by atoms with Gasteiger partial charge in [0.15, 0.2) is 0 Å². The summed E-state index contributed by atoms with van der Waals surface area (Å²) in [7, 11) is 0. The monoisotopic (exact) mass is 399 g/mol. The predicted octanol–water partition coefficient (Wildman–Crippen LogP) is 3.59. The molecule has 0 aliphatic heterocycles. The minimum Gasteiger partial charge on any atom is -0.349 e. The molecule has 0 fully saturated rings. The Hall–Kier alpha value is -3.41. The van der Waals surface area contributed by atoms with Crippen LogP contribution in [0.15, 0.2) is 54.6 Å². The van der Waals surface area contributed by atoms with E-state index in [2.05, 4.69) is 29.4 Å². The molecule has 0 atom stereocenters. The highest BCUT2D eigenvalue weighted by atomic mass is 16.1. The molecule has 2 heterocycles. The fraction of sp³-hybridized carbons (Fsp3) is 0.292. The van der Waals surface area contributed by atoms with Gasteiger partial charge in [-0.3, -0.25) is 4.79 Å². The van der Waals surface area contributed by atoms with Crippen molar-refractivity contribution in [2.45, 2.75) is 45.7 Å². The van der Waals surface area contributed by atoms with Gasteiger partial charge in [0.2, 0.25) is 5.91 Å². The van der Waals surface area contributed by atoms with Crippen molar-refractivity contribution >= 4 is 16.9 Å². The minimum atomic E-state index is -0.0196. The second-order valence-corrected chi connectivity index (χ2v) is 7.71. The largest absolute Gasteiger partial charge is 0.349 e. The van der Waals surface area contributed by atoms with Gasteiger partial charge in [0.25, 0.3) is 0 Å². The SMILES string of the molecule is CCc1nc2ccccc2n1CC(=O)NCc1nn(-c2ccccc2)c2c1CCC2. The number of amides is 1. The summed E-state index contributed by atoms with van der Waals surface area (Å²) < 4.78 is 4.06. The second kappa shape index (κ2) is 7.78. The first-order valence-electron chi connectivity index (χ1n) is 10.6. The normalized spacial score (nSPS) is 13.0. The maximum absolute atomic E-state index is 12.8. The van der Waals surface area contributed by atoms with Crippen LogP contribution in [0.1, 0.15) is 36.1 Å². The predicted molar refractivity (Wildman–Crippen MR) is 117 cm³/mol. The van der Waals surface area contributed by atoms with E-state index in [1.807, 2.05) is 51.7 Å². The quantitative estimate of drug-likeness (QED) is 0.539. The van der Waals surface area contributed by atoms with Crippen molar-refractivity contribution in [1.82, 2.24) is 24.6 Å². The van der Waals surface area contributed by atoms with Gasteiger partial charge >= 0.3 is 0 Å². The number of imidazole rings is 1. The molecule has 0 radical (unpaired) electrons. The maximum atomic E-state index is 12.8. The molecule has 1 amide bonds. The number of hydrogen-bond acceptors (Lipinski definition) is 3. The summed E-state index contributed by atoms with van der Waals surface area (Å²) in [6.45, 7) is 2.79. The molecule has 30 heavy (non-hydrogen) atoms. The first-order chi connectivity index (χ1) is 14.7. The number of nitrogens with zero attached hydrogens (tertiary/aromatic N) is 4. The summed E-state index contributed by atoms with van der Waals surface area (Å²) in [6.07, 6.45) is 3.99. The smallest absolute Gasteiger partial charge is 0.240 e. The van der Waals surface area contributed by atoms with E-state index < -0.39 is 0 Å². The molecule has 152 valence electrons. The van der Waals surface area contributed by atoms with Crippen molar-refractivity contribution in [3.05, 3.63) is 77.4 Å². The van der Waals surface area contributed by atoms with Gasteiger partial charge in [-0.05, 0) is 49.1 Å². The molecule has 1 aliphatic rings. The lowest BCUT2D eigenvalue weighted by molar-refractivity contribution is -0.121. The molecular weight excluding hydrogens is 374 g/mol. The summed E-state index contributed by atoms with van der Waals surface area (Å²) in [4.78, 5) is 17.4. The topological polar surface area (TPSA) is 64.7 Å². The van der Waals surface area contributed by atoms with Crippen molar-refractivity contribution in [2.24, 2.45) is 0 Å². The zero-order valence-electron chi connectivity index (χ0n) is 17.1. The minimum absolute atomic E-state index is 0.0196. The van der Waals surface area contributed by atoms with Crippen LogP contribution in [-0.4, -0.2) is 25.2 Å². The molecule has 4 aromatic rings. The second-order valence-electron chi connectivity index (χ2n) is 7.71. The fourth-order valence-corrected chi connectivity index (χ4v) is 4.39. The van der Waals surface area contributed by atoms with E-state index in [9.17, 15) is 4.79 Å². The Bertz CT molecular complexity index is 1210. The lowest BCUT2D eigenvalue weighted by Gasteiger charge is -2.09. The zero-order chi connectivity index (χ0) is 20.5.